The fourth-order valence-corrected chi connectivity index (χ4v) is 8.98. The van der Waals surface area contributed by atoms with Crippen LogP contribution in [0, 0.1) is 0 Å². The molecule has 0 aliphatic carbocycles. The molecule has 0 bridgehead atoms. The van der Waals surface area contributed by atoms with E-state index in [1.165, 1.54) is 54.2 Å². The number of rotatable bonds is 4. The van der Waals surface area contributed by atoms with Crippen LogP contribution in [-0.2, 0) is 78.3 Å². The van der Waals surface area contributed by atoms with Gasteiger partial charge >= 0.3 is 0 Å². The zero-order valence-electron chi connectivity index (χ0n) is 27.6. The quantitative estimate of drug-likeness (QED) is 0.177. The predicted molar refractivity (Wildman–Crippen MR) is 208 cm³/mol. The van der Waals surface area contributed by atoms with Gasteiger partial charge in [-0.05, 0) is 97.7 Å². The molecular formula is C43H30O4P2Y2. The summed E-state index contributed by atoms with van der Waals surface area (Å²) in [6, 6.07) is 47.4. The molecule has 0 aliphatic rings. The van der Waals surface area contributed by atoms with Crippen LogP contribution in [0.15, 0.2) is 150 Å². The first kappa shape index (κ1) is 34.9. The molecule has 0 N–H and O–H groups in total. The fourth-order valence-electron chi connectivity index (χ4n) is 7.75. The van der Waals surface area contributed by atoms with E-state index in [0.29, 0.717) is 0 Å². The monoisotopic (exact) mass is 850 g/mol. The average Bonchev–Trinajstić information content (AvgIpc) is 3.48. The maximum atomic E-state index is 6.53. The third-order valence-corrected chi connectivity index (χ3v) is 11.1. The Morgan fingerprint density at radius 2 is 0.745 bits per heavy atom. The Bertz CT molecular complexity index is 2800. The topological polar surface area (TPSA) is 52.6 Å². The minimum Gasteiger partial charge on any atom is -0.421 e. The van der Waals surface area contributed by atoms with E-state index in [1.807, 2.05) is 0 Å². The molecule has 0 amide bonds. The SMILES string of the molecule is [Y].[Y].c1ccc2c(c1)ccc1o[pH]oc3c(CCCc4cc5ccccc5c5c4o[pH]oc4ccc6ccccc6c45)cc4ccccc4c3c12. The van der Waals surface area contributed by atoms with Gasteiger partial charge in [-0.15, -0.1) is 0 Å². The summed E-state index contributed by atoms with van der Waals surface area (Å²) in [4.78, 5) is 0. The van der Waals surface area contributed by atoms with E-state index in [9.17, 15) is 0 Å². The van der Waals surface area contributed by atoms with Crippen molar-refractivity contribution in [2.45, 2.75) is 19.3 Å². The van der Waals surface area contributed by atoms with Gasteiger partial charge in [-0.25, -0.2) is 0 Å². The molecule has 10 aromatic rings. The van der Waals surface area contributed by atoms with Crippen LogP contribution in [0.2, 0.25) is 0 Å². The van der Waals surface area contributed by atoms with Gasteiger partial charge in [-0.2, -0.15) is 0 Å². The van der Waals surface area contributed by atoms with Crippen LogP contribution in [0.4, 0.5) is 0 Å². The van der Waals surface area contributed by atoms with Crippen molar-refractivity contribution in [1.82, 2.24) is 0 Å². The van der Waals surface area contributed by atoms with E-state index in [4.69, 9.17) is 16.8 Å². The van der Waals surface area contributed by atoms with Crippen molar-refractivity contribution in [2.75, 3.05) is 0 Å². The third kappa shape index (κ3) is 6.03. The first-order valence-electron chi connectivity index (χ1n) is 16.6. The van der Waals surface area contributed by atoms with Gasteiger partial charge in [0.05, 0.1) is 0 Å². The van der Waals surface area contributed by atoms with Crippen LogP contribution in [0.3, 0.4) is 0 Å². The normalized spacial score (nSPS) is 11.8. The van der Waals surface area contributed by atoms with Crippen molar-refractivity contribution in [1.29, 1.82) is 0 Å². The molecule has 8 heteroatoms. The third-order valence-electron chi connectivity index (χ3n) is 9.92. The van der Waals surface area contributed by atoms with Gasteiger partial charge in [0.25, 0.3) is 0 Å². The molecule has 0 spiro atoms. The zero-order chi connectivity index (χ0) is 32.3. The maximum absolute atomic E-state index is 6.53. The van der Waals surface area contributed by atoms with Crippen molar-refractivity contribution in [3.63, 3.8) is 0 Å². The summed E-state index contributed by atoms with van der Waals surface area (Å²) in [6.45, 7) is 0. The number of fused-ring (bicyclic) bond motifs is 14. The fraction of sp³-hybridized carbons (Fsp3) is 0.0698. The number of aryl methyl sites for hydroxylation is 2. The Balaban J connectivity index is 0.00000187. The Morgan fingerprint density at radius 1 is 0.373 bits per heavy atom. The first-order valence-corrected chi connectivity index (χ1v) is 18.3. The van der Waals surface area contributed by atoms with E-state index < -0.39 is 0 Å². The molecular weight excluding hydrogens is 820 g/mol. The molecule has 0 fully saturated rings. The van der Waals surface area contributed by atoms with Crippen molar-refractivity contribution in [3.05, 3.63) is 145 Å². The molecule has 4 nitrogen and oxygen atoms in total. The molecule has 2 atom stereocenters. The van der Waals surface area contributed by atoms with Crippen LogP contribution in [0.1, 0.15) is 17.5 Å². The van der Waals surface area contributed by atoms with Crippen LogP contribution in [0.25, 0.3) is 87.0 Å². The molecule has 0 saturated carbocycles. The molecule has 8 aromatic carbocycles. The zero-order valence-corrected chi connectivity index (χ0v) is 35.3. The molecule has 0 aliphatic heterocycles. The summed E-state index contributed by atoms with van der Waals surface area (Å²) in [6.07, 6.45) is 2.61. The molecule has 2 radical (unpaired) electrons. The Labute approximate surface area is 346 Å². The summed E-state index contributed by atoms with van der Waals surface area (Å²) in [7, 11) is -0.242. The maximum Gasteiger partial charge on any atom is 0.201 e. The van der Waals surface area contributed by atoms with E-state index >= 15 is 0 Å². The van der Waals surface area contributed by atoms with Crippen molar-refractivity contribution in [2.24, 2.45) is 0 Å². The van der Waals surface area contributed by atoms with E-state index in [2.05, 4.69) is 133 Å². The average molecular weight is 850 g/mol. The first-order chi connectivity index (χ1) is 24.3. The largest absolute Gasteiger partial charge is 0.421 e. The van der Waals surface area contributed by atoms with E-state index in [1.54, 1.807) is 0 Å². The second-order valence-electron chi connectivity index (χ2n) is 12.7. The van der Waals surface area contributed by atoms with Crippen LogP contribution in [0.5, 0.6) is 0 Å². The smallest absolute Gasteiger partial charge is 0.201 e. The minimum atomic E-state index is -0.121. The van der Waals surface area contributed by atoms with E-state index in [0.717, 1.165) is 63.1 Å². The molecule has 2 heterocycles. The summed E-state index contributed by atoms with van der Waals surface area (Å²) in [5, 5.41) is 13.9. The predicted octanol–water partition coefficient (Wildman–Crippen LogP) is 13.8. The number of benzene rings is 8. The van der Waals surface area contributed by atoms with Crippen molar-refractivity contribution < 1.29 is 82.2 Å². The number of hydrogen-bond acceptors (Lipinski definition) is 4. The Kier molecular flexibility index (Phi) is 10.0. The van der Waals surface area contributed by atoms with Gasteiger partial charge in [0, 0.05) is 87.0 Å². The summed E-state index contributed by atoms with van der Waals surface area (Å²) in [5.41, 5.74) is 5.97. The second kappa shape index (κ2) is 14.7. The molecule has 0 saturated heterocycles. The molecule has 10 rings (SSSR count). The van der Waals surface area contributed by atoms with Crippen LogP contribution >= 0.6 is 17.3 Å². The number of hydrogen-bond donors (Lipinski definition) is 0. The van der Waals surface area contributed by atoms with Crippen molar-refractivity contribution in [3.8, 4) is 0 Å². The molecule has 242 valence electrons. The van der Waals surface area contributed by atoms with Gasteiger partial charge in [-0.3, -0.25) is 0 Å². The Morgan fingerprint density at radius 3 is 1.18 bits per heavy atom. The van der Waals surface area contributed by atoms with Crippen LogP contribution in [-0.4, -0.2) is 0 Å². The van der Waals surface area contributed by atoms with Gasteiger partial charge in [0.1, 0.15) is 22.3 Å². The standard InChI is InChI=1S/C43H30O4P2.2Y/c1-5-16-32-26(10-1)20-22-36-38(32)40-34-18-7-3-12-28(34)24-30(42(40)46-48-44-36)14-9-15-31-25-29-13-4-8-19-35(29)41-39-33-17-6-2-11-27(33)21-23-37(39)45-49-47-43(31)41;;/h1-8,10-13,16-25,48-49H,9,14-15H2;;. The minimum absolute atomic E-state index is 0. The van der Waals surface area contributed by atoms with Gasteiger partial charge in [0.15, 0.2) is 0 Å². The summed E-state index contributed by atoms with van der Waals surface area (Å²) in [5.74, 6) is 0. The van der Waals surface area contributed by atoms with Crippen LogP contribution < -0.4 is 0 Å². The molecule has 2 aromatic heterocycles. The van der Waals surface area contributed by atoms with Gasteiger partial charge in [0.2, 0.25) is 17.3 Å². The van der Waals surface area contributed by atoms with E-state index in [-0.39, 0.29) is 82.8 Å². The van der Waals surface area contributed by atoms with Gasteiger partial charge in [-0.1, -0.05) is 109 Å². The Hall–Kier alpha value is -3.19. The summed E-state index contributed by atoms with van der Waals surface area (Å²) >= 11 is 0. The van der Waals surface area contributed by atoms with Gasteiger partial charge < -0.3 is 16.8 Å². The molecule has 51 heavy (non-hydrogen) atoms. The summed E-state index contributed by atoms with van der Waals surface area (Å²) < 4.78 is 25.6. The van der Waals surface area contributed by atoms with Crippen molar-refractivity contribution >= 4 is 104 Å². The second-order valence-corrected chi connectivity index (χ2v) is 13.8. The molecule has 2 unspecified atom stereocenters.